The van der Waals surface area contributed by atoms with Crippen LogP contribution in [0.5, 0.6) is 0 Å². The number of nitrogens with one attached hydrogen (secondary N) is 1. The van der Waals surface area contributed by atoms with Gasteiger partial charge in [0.1, 0.15) is 5.01 Å². The van der Waals surface area contributed by atoms with E-state index in [1.54, 1.807) is 11.3 Å². The Morgan fingerprint density at radius 3 is 2.20 bits per heavy atom. The average Bonchev–Trinajstić information content (AvgIpc) is 3.12. The molecule has 9 heteroatoms. The Morgan fingerprint density at radius 2 is 1.67 bits per heavy atom. The molecule has 1 aliphatic heterocycles. The Bertz CT molecular complexity index is 850. The van der Waals surface area contributed by atoms with Gasteiger partial charge in [0.15, 0.2) is 0 Å². The zero-order valence-corrected chi connectivity index (χ0v) is 18.2. The molecular formula is C21H27F3N4OS. The van der Waals surface area contributed by atoms with E-state index in [9.17, 15) is 18.0 Å². The van der Waals surface area contributed by atoms with E-state index in [1.807, 2.05) is 0 Å². The van der Waals surface area contributed by atoms with Gasteiger partial charge in [0.05, 0.1) is 24.3 Å². The molecule has 1 aromatic carbocycles. The van der Waals surface area contributed by atoms with E-state index in [1.165, 1.54) is 12.1 Å². The number of carbonyl (C=O) groups excluding carboxylic acids is 1. The summed E-state index contributed by atoms with van der Waals surface area (Å²) < 4.78 is 37.8. The molecule has 0 atom stereocenters. The summed E-state index contributed by atoms with van der Waals surface area (Å²) in [5.41, 5.74) is 0.797. The lowest BCUT2D eigenvalue weighted by Gasteiger charge is -2.33. The number of piperazine rings is 1. The lowest BCUT2D eigenvalue weighted by molar-refractivity contribution is -0.137. The van der Waals surface area contributed by atoms with E-state index in [4.69, 9.17) is 4.98 Å². The fourth-order valence-electron chi connectivity index (χ4n) is 3.17. The molecule has 164 valence electrons. The number of amides is 1. The van der Waals surface area contributed by atoms with Crippen LogP contribution in [0, 0.1) is 0 Å². The smallest absolute Gasteiger partial charge is 0.325 e. The summed E-state index contributed by atoms with van der Waals surface area (Å²) in [5.74, 6) is -0.224. The van der Waals surface area contributed by atoms with Gasteiger partial charge in [-0.25, -0.2) is 4.98 Å². The summed E-state index contributed by atoms with van der Waals surface area (Å²) in [6.45, 7) is 10.7. The Hall–Kier alpha value is -1.97. The molecular weight excluding hydrogens is 413 g/mol. The highest BCUT2D eigenvalue weighted by atomic mass is 32.1. The number of halogens is 3. The minimum atomic E-state index is -4.38. The lowest BCUT2D eigenvalue weighted by atomic mass is 9.93. The quantitative estimate of drug-likeness (QED) is 0.757. The second-order valence-corrected chi connectivity index (χ2v) is 9.49. The van der Waals surface area contributed by atoms with Gasteiger partial charge in [0.2, 0.25) is 5.91 Å². The first-order valence-electron chi connectivity index (χ1n) is 9.87. The van der Waals surface area contributed by atoms with Crippen molar-refractivity contribution >= 4 is 22.9 Å². The molecule has 5 nitrogen and oxygen atoms in total. The Labute approximate surface area is 178 Å². The SMILES string of the molecule is CC(C)(C)c1csc(CN2CCN(CC(=O)Nc3ccc(C(F)(F)F)cc3)CC2)n1. The minimum absolute atomic E-state index is 0.0495. The second kappa shape index (κ2) is 9.03. The molecule has 1 aliphatic rings. The third kappa shape index (κ3) is 6.26. The van der Waals surface area contributed by atoms with Crippen molar-refractivity contribution in [2.75, 3.05) is 38.0 Å². The maximum Gasteiger partial charge on any atom is 0.416 e. The van der Waals surface area contributed by atoms with Crippen LogP contribution in [-0.2, 0) is 22.9 Å². The number of nitrogens with zero attached hydrogens (tertiary/aromatic N) is 3. The van der Waals surface area contributed by atoms with Crippen molar-refractivity contribution in [3.8, 4) is 0 Å². The maximum absolute atomic E-state index is 12.6. The van der Waals surface area contributed by atoms with Crippen LogP contribution in [0.25, 0.3) is 0 Å². The van der Waals surface area contributed by atoms with E-state index >= 15 is 0 Å². The standard InChI is InChI=1S/C21H27F3N4OS/c1-20(2,3)17-14-30-19(26-17)13-28-10-8-27(9-11-28)12-18(29)25-16-6-4-15(5-7-16)21(22,23)24/h4-7,14H,8-13H2,1-3H3,(H,25,29). The number of alkyl halides is 3. The van der Waals surface area contributed by atoms with Crippen molar-refractivity contribution in [2.24, 2.45) is 0 Å². The van der Waals surface area contributed by atoms with Gasteiger partial charge in [0.25, 0.3) is 0 Å². The van der Waals surface area contributed by atoms with Gasteiger partial charge in [-0.05, 0) is 24.3 Å². The molecule has 1 fully saturated rings. The van der Waals surface area contributed by atoms with Gasteiger partial charge >= 0.3 is 6.18 Å². The molecule has 1 aromatic heterocycles. The maximum atomic E-state index is 12.6. The number of rotatable bonds is 5. The molecule has 1 amide bonds. The van der Waals surface area contributed by atoms with Crippen molar-refractivity contribution in [1.29, 1.82) is 0 Å². The fourth-order valence-corrected chi connectivity index (χ4v) is 4.23. The molecule has 0 aliphatic carbocycles. The van der Waals surface area contributed by atoms with Crippen LogP contribution in [0.1, 0.15) is 37.0 Å². The van der Waals surface area contributed by atoms with Gasteiger partial charge in [0, 0.05) is 42.7 Å². The third-order valence-corrected chi connectivity index (χ3v) is 5.84. The van der Waals surface area contributed by atoms with Crippen molar-refractivity contribution in [3.05, 3.63) is 45.9 Å². The first-order chi connectivity index (χ1) is 14.0. The van der Waals surface area contributed by atoms with E-state index in [0.29, 0.717) is 5.69 Å². The zero-order valence-electron chi connectivity index (χ0n) is 17.4. The number of hydrogen-bond donors (Lipinski definition) is 1. The highest BCUT2D eigenvalue weighted by molar-refractivity contribution is 7.09. The largest absolute Gasteiger partial charge is 0.416 e. The Balaban J connectivity index is 1.43. The molecule has 0 spiro atoms. The monoisotopic (exact) mass is 440 g/mol. The molecule has 2 aromatic rings. The fraction of sp³-hybridized carbons (Fsp3) is 0.524. The number of benzene rings is 1. The van der Waals surface area contributed by atoms with Crippen LogP contribution >= 0.6 is 11.3 Å². The first kappa shape index (κ1) is 22.7. The summed E-state index contributed by atoms with van der Waals surface area (Å²) >= 11 is 1.68. The summed E-state index contributed by atoms with van der Waals surface area (Å²) in [5, 5.41) is 5.89. The molecule has 2 heterocycles. The lowest BCUT2D eigenvalue weighted by Crippen LogP contribution is -2.48. The van der Waals surface area contributed by atoms with Gasteiger partial charge < -0.3 is 5.32 Å². The van der Waals surface area contributed by atoms with Crippen molar-refractivity contribution in [3.63, 3.8) is 0 Å². The van der Waals surface area contributed by atoms with Crippen molar-refractivity contribution in [2.45, 2.75) is 38.9 Å². The third-order valence-electron chi connectivity index (χ3n) is 5.01. The van der Waals surface area contributed by atoms with Crippen LogP contribution in [0.4, 0.5) is 18.9 Å². The van der Waals surface area contributed by atoms with Gasteiger partial charge in [-0.15, -0.1) is 11.3 Å². The normalized spacial score (nSPS) is 16.6. The van der Waals surface area contributed by atoms with Crippen LogP contribution < -0.4 is 5.32 Å². The van der Waals surface area contributed by atoms with Crippen molar-refractivity contribution < 1.29 is 18.0 Å². The zero-order chi connectivity index (χ0) is 21.9. The summed E-state index contributed by atoms with van der Waals surface area (Å²) in [6.07, 6.45) is -4.38. The number of aromatic nitrogens is 1. The van der Waals surface area contributed by atoms with E-state index in [2.05, 4.69) is 41.3 Å². The minimum Gasteiger partial charge on any atom is -0.325 e. The summed E-state index contributed by atoms with van der Waals surface area (Å²) in [6, 6.07) is 4.49. The molecule has 30 heavy (non-hydrogen) atoms. The number of hydrogen-bond acceptors (Lipinski definition) is 5. The van der Waals surface area contributed by atoms with E-state index < -0.39 is 11.7 Å². The summed E-state index contributed by atoms with van der Waals surface area (Å²) in [4.78, 5) is 21.4. The predicted octanol–water partition coefficient (Wildman–Crippen LogP) is 4.22. The highest BCUT2D eigenvalue weighted by Crippen LogP contribution is 2.30. The molecule has 1 saturated heterocycles. The van der Waals surface area contributed by atoms with E-state index in [-0.39, 0.29) is 17.9 Å². The Kier molecular flexibility index (Phi) is 6.84. The van der Waals surface area contributed by atoms with E-state index in [0.717, 1.165) is 55.6 Å². The van der Waals surface area contributed by atoms with Gasteiger partial charge in [-0.2, -0.15) is 13.2 Å². The summed E-state index contributed by atoms with van der Waals surface area (Å²) in [7, 11) is 0. The molecule has 0 saturated carbocycles. The first-order valence-corrected chi connectivity index (χ1v) is 10.8. The molecule has 0 unspecified atom stereocenters. The molecule has 1 N–H and O–H groups in total. The van der Waals surface area contributed by atoms with Gasteiger partial charge in [-0.3, -0.25) is 14.6 Å². The van der Waals surface area contributed by atoms with Crippen molar-refractivity contribution in [1.82, 2.24) is 14.8 Å². The predicted molar refractivity (Wildman–Crippen MR) is 113 cm³/mol. The number of anilines is 1. The Morgan fingerprint density at radius 1 is 1.07 bits per heavy atom. The van der Waals surface area contributed by atoms with Crippen LogP contribution in [0.3, 0.4) is 0 Å². The molecule has 0 radical (unpaired) electrons. The second-order valence-electron chi connectivity index (χ2n) is 8.55. The van der Waals surface area contributed by atoms with Gasteiger partial charge in [-0.1, -0.05) is 20.8 Å². The van der Waals surface area contributed by atoms with Crippen LogP contribution in [-0.4, -0.2) is 53.4 Å². The van der Waals surface area contributed by atoms with Crippen LogP contribution in [0.15, 0.2) is 29.6 Å². The number of carbonyl (C=O) groups is 1. The van der Waals surface area contributed by atoms with Crippen LogP contribution in [0.2, 0.25) is 0 Å². The molecule has 0 bridgehead atoms. The molecule has 3 rings (SSSR count). The topological polar surface area (TPSA) is 48.5 Å². The highest BCUT2D eigenvalue weighted by Gasteiger charge is 2.30. The number of thiazole rings is 1. The average molecular weight is 441 g/mol.